The van der Waals surface area contributed by atoms with Gasteiger partial charge in [-0.05, 0) is 25.0 Å². The number of nitrogens with two attached hydrogens (primary N) is 1. The molecule has 0 spiro atoms. The zero-order chi connectivity index (χ0) is 17.0. The first-order valence-corrected chi connectivity index (χ1v) is 8.33. The molecule has 0 aliphatic heterocycles. The third kappa shape index (κ3) is 5.19. The topological polar surface area (TPSA) is 81.1 Å². The molecule has 0 saturated heterocycles. The van der Waals surface area contributed by atoms with E-state index in [1.54, 1.807) is 18.2 Å². The van der Waals surface area contributed by atoms with Crippen LogP contribution in [0.15, 0.2) is 34.9 Å². The van der Waals surface area contributed by atoms with Crippen molar-refractivity contribution in [3.63, 3.8) is 0 Å². The molecule has 0 radical (unpaired) electrons. The second kappa shape index (κ2) is 9.90. The highest BCUT2D eigenvalue weighted by Crippen LogP contribution is 2.29. The Morgan fingerprint density at radius 3 is 2.62 bits per heavy atom. The summed E-state index contributed by atoms with van der Waals surface area (Å²) in [6.07, 6.45) is 6.22. The summed E-state index contributed by atoms with van der Waals surface area (Å²) in [7, 11) is 0. The summed E-state index contributed by atoms with van der Waals surface area (Å²) >= 11 is 0. The molecule has 1 saturated carbocycles. The highest BCUT2D eigenvalue weighted by Gasteiger charge is 2.33. The molecule has 0 atom stereocenters. The van der Waals surface area contributed by atoms with Crippen molar-refractivity contribution in [3.8, 4) is 11.3 Å². The summed E-state index contributed by atoms with van der Waals surface area (Å²) in [5.41, 5.74) is 5.95. The van der Waals surface area contributed by atoms with Gasteiger partial charge in [-0.1, -0.05) is 25.0 Å². The lowest BCUT2D eigenvalue weighted by Gasteiger charge is -2.28. The van der Waals surface area contributed by atoms with Gasteiger partial charge in [0, 0.05) is 19.4 Å². The van der Waals surface area contributed by atoms with Crippen molar-refractivity contribution in [1.82, 2.24) is 10.3 Å². The van der Waals surface area contributed by atoms with Gasteiger partial charge in [0.2, 0.25) is 5.91 Å². The lowest BCUT2D eigenvalue weighted by molar-refractivity contribution is -0.123. The molecule has 1 amide bonds. The van der Waals surface area contributed by atoms with Crippen molar-refractivity contribution in [3.05, 3.63) is 42.2 Å². The number of carbonyl (C=O) groups excluding carboxylic acids is 1. The van der Waals surface area contributed by atoms with Gasteiger partial charge in [-0.25, -0.2) is 9.37 Å². The molecule has 144 valence electrons. The first-order valence-electron chi connectivity index (χ1n) is 8.33. The van der Waals surface area contributed by atoms with Gasteiger partial charge < -0.3 is 15.5 Å². The summed E-state index contributed by atoms with van der Waals surface area (Å²) < 4.78 is 19.3. The first-order chi connectivity index (χ1) is 11.6. The van der Waals surface area contributed by atoms with Gasteiger partial charge in [0.05, 0.1) is 17.3 Å². The number of hydrogen-bond donors (Lipinski definition) is 2. The van der Waals surface area contributed by atoms with Crippen LogP contribution in [0.4, 0.5) is 4.39 Å². The minimum absolute atomic E-state index is 0. The molecule has 1 heterocycles. The summed E-state index contributed by atoms with van der Waals surface area (Å²) in [6.45, 7) is 0.467. The number of nitrogens with one attached hydrogen (secondary N) is 1. The van der Waals surface area contributed by atoms with Gasteiger partial charge in [0.1, 0.15) is 5.82 Å². The van der Waals surface area contributed by atoms with Crippen LogP contribution in [0.1, 0.15) is 38.0 Å². The zero-order valence-corrected chi connectivity index (χ0v) is 16.0. The van der Waals surface area contributed by atoms with Gasteiger partial charge in [0.25, 0.3) is 0 Å². The Morgan fingerprint density at radius 1 is 1.27 bits per heavy atom. The van der Waals surface area contributed by atoms with Crippen LogP contribution in [0.5, 0.6) is 0 Å². The molecule has 5 nitrogen and oxygen atoms in total. The fraction of sp³-hybridized carbons (Fsp3) is 0.444. The van der Waals surface area contributed by atoms with Crippen LogP contribution < -0.4 is 11.1 Å². The summed E-state index contributed by atoms with van der Waals surface area (Å²) in [6, 6.07) is 6.37. The van der Waals surface area contributed by atoms with Gasteiger partial charge >= 0.3 is 0 Å². The number of benzene rings is 1. The van der Waals surface area contributed by atoms with Crippen molar-refractivity contribution in [2.75, 3.05) is 6.54 Å². The minimum atomic E-state index is -0.357. The van der Waals surface area contributed by atoms with E-state index in [1.165, 1.54) is 12.3 Å². The van der Waals surface area contributed by atoms with Gasteiger partial charge in [0.15, 0.2) is 11.7 Å². The predicted molar refractivity (Wildman–Crippen MR) is 103 cm³/mol. The third-order valence-corrected chi connectivity index (χ3v) is 4.61. The molecule has 8 heteroatoms. The number of aromatic nitrogens is 1. The van der Waals surface area contributed by atoms with E-state index in [2.05, 4.69) is 10.3 Å². The van der Waals surface area contributed by atoms with Crippen LogP contribution in [-0.2, 0) is 11.2 Å². The molecule has 26 heavy (non-hydrogen) atoms. The van der Waals surface area contributed by atoms with Crippen molar-refractivity contribution in [2.45, 2.75) is 44.1 Å². The fourth-order valence-corrected chi connectivity index (χ4v) is 3.22. The van der Waals surface area contributed by atoms with E-state index < -0.39 is 0 Å². The SMILES string of the molecule is Cl.Cl.NCC1(NC(=O)CCc2ncc(-c3ccccc3F)o2)CCCC1. The lowest BCUT2D eigenvalue weighted by atomic mass is 9.97. The van der Waals surface area contributed by atoms with Crippen LogP contribution in [0.2, 0.25) is 0 Å². The summed E-state index contributed by atoms with van der Waals surface area (Å²) in [5.74, 6) is 0.395. The van der Waals surface area contributed by atoms with E-state index in [0.717, 1.165) is 25.7 Å². The van der Waals surface area contributed by atoms with Crippen LogP contribution in [0.25, 0.3) is 11.3 Å². The van der Waals surface area contributed by atoms with Crippen molar-refractivity contribution < 1.29 is 13.6 Å². The number of halogens is 3. The quantitative estimate of drug-likeness (QED) is 0.770. The molecule has 1 aromatic heterocycles. The largest absolute Gasteiger partial charge is 0.441 e. The molecular weight excluding hydrogens is 380 g/mol. The Morgan fingerprint density at radius 2 is 1.96 bits per heavy atom. The molecule has 0 unspecified atom stereocenters. The fourth-order valence-electron chi connectivity index (χ4n) is 3.22. The van der Waals surface area contributed by atoms with E-state index in [1.807, 2.05) is 0 Å². The number of hydrogen-bond acceptors (Lipinski definition) is 4. The second-order valence-electron chi connectivity index (χ2n) is 6.34. The maximum absolute atomic E-state index is 13.7. The Kier molecular flexibility index (Phi) is 8.53. The van der Waals surface area contributed by atoms with Crippen molar-refractivity contribution >= 4 is 30.7 Å². The zero-order valence-electron chi connectivity index (χ0n) is 14.4. The minimum Gasteiger partial charge on any atom is -0.441 e. The Balaban J connectivity index is 0.00000169. The number of oxazole rings is 1. The Labute approximate surface area is 164 Å². The monoisotopic (exact) mass is 403 g/mol. The standard InChI is InChI=1S/C18H22FN3O2.2ClH/c19-14-6-2-1-5-13(14)15-11-21-17(24-15)8-7-16(23)22-18(12-20)9-3-4-10-18;;/h1-2,5-6,11H,3-4,7-10,12,20H2,(H,22,23);2*1H. The van der Waals surface area contributed by atoms with Crippen LogP contribution in [0, 0.1) is 5.82 Å². The van der Waals surface area contributed by atoms with Gasteiger partial charge in [-0.2, -0.15) is 0 Å². The lowest BCUT2D eigenvalue weighted by Crippen LogP contribution is -2.51. The molecule has 1 aliphatic carbocycles. The molecule has 3 rings (SSSR count). The normalized spacial score (nSPS) is 15.0. The van der Waals surface area contributed by atoms with Crippen molar-refractivity contribution in [2.24, 2.45) is 5.73 Å². The van der Waals surface area contributed by atoms with E-state index >= 15 is 0 Å². The number of nitrogens with zero attached hydrogens (tertiary/aromatic N) is 1. The van der Waals surface area contributed by atoms with Crippen LogP contribution >= 0.6 is 24.8 Å². The molecule has 0 bridgehead atoms. The molecule has 2 aromatic rings. The maximum Gasteiger partial charge on any atom is 0.220 e. The molecule has 3 N–H and O–H groups in total. The smallest absolute Gasteiger partial charge is 0.220 e. The van der Waals surface area contributed by atoms with Crippen LogP contribution in [0.3, 0.4) is 0 Å². The Bertz CT molecular complexity index is 718. The number of aryl methyl sites for hydroxylation is 1. The second-order valence-corrected chi connectivity index (χ2v) is 6.34. The van der Waals surface area contributed by atoms with E-state index in [-0.39, 0.29) is 48.5 Å². The van der Waals surface area contributed by atoms with Gasteiger partial charge in [-0.3, -0.25) is 4.79 Å². The number of amides is 1. The number of rotatable bonds is 6. The van der Waals surface area contributed by atoms with Crippen LogP contribution in [-0.4, -0.2) is 23.0 Å². The first kappa shape index (κ1) is 22.4. The molecule has 1 aromatic carbocycles. The average Bonchev–Trinajstić information content (AvgIpc) is 3.23. The highest BCUT2D eigenvalue weighted by molar-refractivity contribution is 5.85. The molecule has 1 fully saturated rings. The third-order valence-electron chi connectivity index (χ3n) is 4.61. The van der Waals surface area contributed by atoms with E-state index in [4.69, 9.17) is 10.2 Å². The average molecular weight is 404 g/mol. The predicted octanol–water partition coefficient (Wildman–Crippen LogP) is 3.64. The maximum atomic E-state index is 13.7. The highest BCUT2D eigenvalue weighted by atomic mass is 35.5. The van der Waals surface area contributed by atoms with E-state index in [9.17, 15) is 9.18 Å². The summed E-state index contributed by atoms with van der Waals surface area (Å²) in [4.78, 5) is 16.3. The van der Waals surface area contributed by atoms with Crippen molar-refractivity contribution in [1.29, 1.82) is 0 Å². The molecular formula is C18H24Cl2FN3O2. The molecule has 1 aliphatic rings. The van der Waals surface area contributed by atoms with E-state index in [0.29, 0.717) is 30.2 Å². The number of carbonyl (C=O) groups is 1. The summed E-state index contributed by atoms with van der Waals surface area (Å²) in [5, 5.41) is 3.07. The van der Waals surface area contributed by atoms with Gasteiger partial charge in [-0.15, -0.1) is 24.8 Å². The Hall–Kier alpha value is -1.63.